The van der Waals surface area contributed by atoms with E-state index in [1.54, 1.807) is 0 Å². The average Bonchev–Trinajstić information content (AvgIpc) is 3.38. The van der Waals surface area contributed by atoms with E-state index in [1.807, 2.05) is 21.1 Å². The highest BCUT2D eigenvalue weighted by Crippen LogP contribution is 2.18. The molecule has 0 saturated heterocycles. The molecule has 75 heavy (non-hydrogen) atoms. The molecular weight excluding hydrogens is 935 g/mol. The molecule has 0 bridgehead atoms. The van der Waals surface area contributed by atoms with Gasteiger partial charge in [0.25, 0.3) is 6.29 Å². The van der Waals surface area contributed by atoms with Gasteiger partial charge in [-0.3, -0.25) is 9.59 Å². The summed E-state index contributed by atoms with van der Waals surface area (Å²) in [6.07, 6.45) is 69.5. The van der Waals surface area contributed by atoms with E-state index in [1.165, 1.54) is 193 Å². The number of nitrogens with zero attached hydrogens (tertiary/aromatic N) is 1. The van der Waals surface area contributed by atoms with Crippen LogP contribution >= 0.6 is 0 Å². The summed E-state index contributed by atoms with van der Waals surface area (Å²) in [6.45, 7) is 4.81. The summed E-state index contributed by atoms with van der Waals surface area (Å²) in [5.74, 6) is -2.01. The largest absolute Gasteiger partial charge is 0.477 e. The molecule has 0 aromatic rings. The monoisotopic (exact) mass is 1060 g/mol. The Morgan fingerprint density at radius 2 is 0.747 bits per heavy atom. The van der Waals surface area contributed by atoms with Gasteiger partial charge in [-0.1, -0.05) is 262 Å². The standard InChI is InChI=1S/C66H121NO8/c1-6-8-10-12-14-16-18-20-21-22-23-24-25-26-27-28-29-30-31-32-33-34-35-36-37-38-39-40-41-42-43-45-47-49-51-53-55-57-64(69)75-62(61-74-66(65(70)71)72-59-58-67(3,4)5)60-73-63(68)56-54-52-50-48-46-44-19-17-15-13-11-9-7-2/h11,13,17-20,22-23,62,66H,6-10,12,14-16,21,24-61H2,1-5H3/p+1/b13-11-,19-17-,20-18-,23-22-. The molecule has 0 aromatic heterocycles. The van der Waals surface area contributed by atoms with E-state index in [9.17, 15) is 19.5 Å². The van der Waals surface area contributed by atoms with E-state index in [2.05, 4.69) is 62.5 Å². The van der Waals surface area contributed by atoms with E-state index < -0.39 is 24.3 Å². The van der Waals surface area contributed by atoms with Crippen LogP contribution in [0.1, 0.15) is 296 Å². The molecule has 9 heteroatoms. The minimum absolute atomic E-state index is 0.186. The number of ether oxygens (including phenoxy) is 4. The summed E-state index contributed by atoms with van der Waals surface area (Å²) < 4.78 is 22.9. The Bertz CT molecular complexity index is 1370. The average molecular weight is 1060 g/mol. The van der Waals surface area contributed by atoms with Crippen molar-refractivity contribution in [3.8, 4) is 0 Å². The summed E-state index contributed by atoms with van der Waals surface area (Å²) in [6, 6.07) is 0. The Morgan fingerprint density at radius 3 is 1.11 bits per heavy atom. The molecule has 0 rings (SSSR count). The highest BCUT2D eigenvalue weighted by atomic mass is 16.7. The summed E-state index contributed by atoms with van der Waals surface area (Å²) in [5.41, 5.74) is 0. The molecule has 2 atom stereocenters. The maximum Gasteiger partial charge on any atom is 0.361 e. The number of carbonyl (C=O) groups excluding carboxylic acids is 2. The highest BCUT2D eigenvalue weighted by Gasteiger charge is 2.25. The lowest BCUT2D eigenvalue weighted by Crippen LogP contribution is -2.40. The molecule has 9 nitrogen and oxygen atoms in total. The number of rotatable bonds is 59. The summed E-state index contributed by atoms with van der Waals surface area (Å²) in [7, 11) is 5.97. The first-order valence-electron chi connectivity index (χ1n) is 31.8. The van der Waals surface area contributed by atoms with Crippen LogP contribution in [0.2, 0.25) is 0 Å². The van der Waals surface area contributed by atoms with E-state index in [-0.39, 0.29) is 38.6 Å². The summed E-state index contributed by atoms with van der Waals surface area (Å²) >= 11 is 0. The van der Waals surface area contributed by atoms with Gasteiger partial charge in [0.05, 0.1) is 34.4 Å². The third-order valence-electron chi connectivity index (χ3n) is 14.0. The predicted octanol–water partition coefficient (Wildman–Crippen LogP) is 19.0. The van der Waals surface area contributed by atoms with E-state index in [0.29, 0.717) is 11.0 Å². The number of likely N-dealkylation sites (N-methyl/N-ethyl adjacent to an activating group) is 1. The van der Waals surface area contributed by atoms with Gasteiger partial charge in [0.2, 0.25) is 0 Å². The molecule has 0 heterocycles. The number of esters is 2. The minimum Gasteiger partial charge on any atom is -0.477 e. The Hall–Kier alpha value is -2.75. The van der Waals surface area contributed by atoms with Crippen LogP contribution in [0.15, 0.2) is 48.6 Å². The van der Waals surface area contributed by atoms with Crippen molar-refractivity contribution >= 4 is 17.9 Å². The van der Waals surface area contributed by atoms with Gasteiger partial charge in [-0.05, 0) is 70.6 Å². The van der Waals surface area contributed by atoms with Gasteiger partial charge in [0.1, 0.15) is 13.2 Å². The van der Waals surface area contributed by atoms with Gasteiger partial charge in [-0.25, -0.2) is 4.79 Å². The van der Waals surface area contributed by atoms with Crippen molar-refractivity contribution in [2.45, 2.75) is 309 Å². The van der Waals surface area contributed by atoms with Crippen molar-refractivity contribution in [1.29, 1.82) is 0 Å². The molecule has 0 aliphatic carbocycles. The van der Waals surface area contributed by atoms with Gasteiger partial charge in [-0.15, -0.1) is 0 Å². The molecule has 0 fully saturated rings. The van der Waals surface area contributed by atoms with Crippen molar-refractivity contribution in [2.75, 3.05) is 47.5 Å². The molecule has 438 valence electrons. The zero-order chi connectivity index (χ0) is 54.8. The SMILES string of the molecule is CCC/C=C\C/C=C\CCCCCCCC(=O)OCC(COC(OCC[N+](C)(C)C)C(=O)O)OC(=O)CCCCCCCCCCCCCCCCCCCCCCCCCCC/C=C\C/C=C\CCCCCCC. The molecule has 0 amide bonds. The van der Waals surface area contributed by atoms with Gasteiger partial charge < -0.3 is 28.5 Å². The van der Waals surface area contributed by atoms with Crippen LogP contribution in [-0.2, 0) is 33.3 Å². The normalized spacial score (nSPS) is 13.0. The van der Waals surface area contributed by atoms with Crippen LogP contribution in [-0.4, -0.2) is 87.4 Å². The third kappa shape index (κ3) is 58.8. The zero-order valence-electron chi connectivity index (χ0n) is 50.0. The molecule has 0 aliphatic rings. The number of allylic oxidation sites excluding steroid dienone is 8. The maximum absolute atomic E-state index is 12.9. The number of carbonyl (C=O) groups is 3. The van der Waals surface area contributed by atoms with E-state index in [0.717, 1.165) is 77.0 Å². The second-order valence-corrected chi connectivity index (χ2v) is 22.7. The quantitative estimate of drug-likeness (QED) is 0.0211. The number of aliphatic carboxylic acids is 1. The fourth-order valence-electron chi connectivity index (χ4n) is 9.14. The van der Waals surface area contributed by atoms with E-state index in [4.69, 9.17) is 18.9 Å². The zero-order valence-corrected chi connectivity index (χ0v) is 50.0. The van der Waals surface area contributed by atoms with Crippen LogP contribution in [0.4, 0.5) is 0 Å². The lowest BCUT2D eigenvalue weighted by atomic mass is 10.0. The number of carboxylic acids is 1. The van der Waals surface area contributed by atoms with Crippen LogP contribution < -0.4 is 0 Å². The fourth-order valence-corrected chi connectivity index (χ4v) is 9.14. The molecule has 0 radical (unpaired) electrons. The summed E-state index contributed by atoms with van der Waals surface area (Å²) in [5, 5.41) is 9.69. The molecule has 1 N–H and O–H groups in total. The van der Waals surface area contributed by atoms with Crippen LogP contribution in [0.3, 0.4) is 0 Å². The van der Waals surface area contributed by atoms with Crippen molar-refractivity contribution in [3.05, 3.63) is 48.6 Å². The minimum atomic E-state index is -1.51. The Kier molecular flexibility index (Phi) is 55.3. The second kappa shape index (κ2) is 57.4. The summed E-state index contributed by atoms with van der Waals surface area (Å²) in [4.78, 5) is 37.4. The first kappa shape index (κ1) is 72.2. The highest BCUT2D eigenvalue weighted by molar-refractivity contribution is 5.71. The maximum atomic E-state index is 12.9. The van der Waals surface area contributed by atoms with Crippen LogP contribution in [0, 0.1) is 0 Å². The number of hydrogen-bond donors (Lipinski definition) is 1. The van der Waals surface area contributed by atoms with Gasteiger partial charge in [-0.2, -0.15) is 0 Å². The second-order valence-electron chi connectivity index (χ2n) is 22.7. The van der Waals surface area contributed by atoms with Crippen molar-refractivity contribution in [3.63, 3.8) is 0 Å². The van der Waals surface area contributed by atoms with Crippen molar-refractivity contribution in [1.82, 2.24) is 0 Å². The Balaban J connectivity index is 3.96. The van der Waals surface area contributed by atoms with Gasteiger partial charge in [0.15, 0.2) is 6.10 Å². The molecule has 2 unspecified atom stereocenters. The van der Waals surface area contributed by atoms with Gasteiger partial charge >= 0.3 is 17.9 Å². The van der Waals surface area contributed by atoms with Crippen molar-refractivity contribution in [2.24, 2.45) is 0 Å². The molecule has 0 spiro atoms. The molecule has 0 aliphatic heterocycles. The first-order chi connectivity index (χ1) is 36.6. The fraction of sp³-hybridized carbons (Fsp3) is 0.833. The van der Waals surface area contributed by atoms with Crippen molar-refractivity contribution < 1.29 is 42.9 Å². The predicted molar refractivity (Wildman–Crippen MR) is 318 cm³/mol. The van der Waals surface area contributed by atoms with Crippen LogP contribution in [0.5, 0.6) is 0 Å². The lowest BCUT2D eigenvalue weighted by Gasteiger charge is -2.25. The topological polar surface area (TPSA) is 108 Å². The van der Waals surface area contributed by atoms with Gasteiger partial charge in [0, 0.05) is 12.8 Å². The third-order valence-corrected chi connectivity index (χ3v) is 14.0. The molecule has 0 saturated carbocycles. The Morgan fingerprint density at radius 1 is 0.400 bits per heavy atom. The number of carboxylic acid groups (broad SMARTS) is 1. The smallest absolute Gasteiger partial charge is 0.361 e. The molecular formula is C66H122NO8+. The van der Waals surface area contributed by atoms with Crippen LogP contribution in [0.25, 0.3) is 0 Å². The first-order valence-corrected chi connectivity index (χ1v) is 31.8. The Labute approximate surface area is 463 Å². The number of unbranched alkanes of at least 4 members (excludes halogenated alkanes) is 36. The van der Waals surface area contributed by atoms with E-state index >= 15 is 0 Å². The lowest BCUT2D eigenvalue weighted by molar-refractivity contribution is -0.870. The number of quaternary nitrogens is 1. The number of hydrogen-bond acceptors (Lipinski definition) is 7. The molecule has 0 aromatic carbocycles.